The summed E-state index contributed by atoms with van der Waals surface area (Å²) in [5, 5.41) is 3.56. The summed E-state index contributed by atoms with van der Waals surface area (Å²) in [6, 6.07) is 4.14. The van der Waals surface area contributed by atoms with Gasteiger partial charge in [-0.05, 0) is 57.2 Å². The largest absolute Gasteiger partial charge is 0.573 e. The van der Waals surface area contributed by atoms with E-state index in [1.807, 2.05) is 4.90 Å². The summed E-state index contributed by atoms with van der Waals surface area (Å²) in [4.78, 5) is 26.2. The molecule has 2 aliphatic rings. The van der Waals surface area contributed by atoms with Gasteiger partial charge in [0.1, 0.15) is 23.9 Å². The van der Waals surface area contributed by atoms with E-state index in [0.29, 0.717) is 41.6 Å². The number of alkyl halides is 3. The molecule has 0 bridgehead atoms. The smallest absolute Gasteiger partial charge is 0.406 e. The molecule has 0 spiro atoms. The fourth-order valence-corrected chi connectivity index (χ4v) is 5.26. The van der Waals surface area contributed by atoms with Gasteiger partial charge in [0, 0.05) is 37.1 Å². The van der Waals surface area contributed by atoms with Crippen LogP contribution in [-0.4, -0.2) is 69.8 Å². The lowest BCUT2D eigenvalue weighted by Crippen LogP contribution is -2.53. The van der Waals surface area contributed by atoms with Crippen LogP contribution in [-0.2, 0) is 4.79 Å². The van der Waals surface area contributed by atoms with Crippen LogP contribution in [0, 0.1) is 5.92 Å². The Kier molecular flexibility index (Phi) is 7.16. The van der Waals surface area contributed by atoms with Crippen molar-refractivity contribution in [2.45, 2.75) is 70.9 Å². The van der Waals surface area contributed by atoms with Crippen molar-refractivity contribution < 1.29 is 22.7 Å². The highest BCUT2D eigenvalue weighted by atomic mass is 19.4. The normalized spacial score (nSPS) is 24.3. The van der Waals surface area contributed by atoms with E-state index < -0.39 is 12.4 Å². The molecular formula is C24H32F3N5O2. The van der Waals surface area contributed by atoms with Crippen LogP contribution in [0.1, 0.15) is 46.5 Å². The number of rotatable bonds is 7. The second-order valence-electron chi connectivity index (χ2n) is 9.46. The minimum Gasteiger partial charge on any atom is -0.406 e. The summed E-state index contributed by atoms with van der Waals surface area (Å²) in [7, 11) is 0. The van der Waals surface area contributed by atoms with Gasteiger partial charge in [0.25, 0.3) is 0 Å². The molecular weight excluding hydrogens is 447 g/mol. The zero-order valence-corrected chi connectivity index (χ0v) is 19.8. The Balaban J connectivity index is 1.50. The third-order valence-corrected chi connectivity index (χ3v) is 6.91. The lowest BCUT2D eigenvalue weighted by molar-refractivity contribution is -0.274. The first-order valence-electron chi connectivity index (χ1n) is 12.0. The van der Waals surface area contributed by atoms with Crippen molar-refractivity contribution in [1.29, 1.82) is 0 Å². The highest BCUT2D eigenvalue weighted by Crippen LogP contribution is 2.33. The number of benzene rings is 1. The van der Waals surface area contributed by atoms with Crippen molar-refractivity contribution in [3.05, 3.63) is 24.5 Å². The Morgan fingerprint density at radius 2 is 2.00 bits per heavy atom. The monoisotopic (exact) mass is 479 g/mol. The minimum absolute atomic E-state index is 0.0264. The molecule has 0 aliphatic carbocycles. The molecule has 1 aromatic carbocycles. The maximum absolute atomic E-state index is 13.4. The fraction of sp³-hybridized carbons (Fsp3) is 0.625. The molecule has 1 N–H and O–H groups in total. The van der Waals surface area contributed by atoms with Crippen LogP contribution in [0.2, 0.25) is 0 Å². The molecule has 3 heterocycles. The Morgan fingerprint density at radius 1 is 1.21 bits per heavy atom. The molecule has 2 aromatic rings. The number of aromatic nitrogens is 2. The van der Waals surface area contributed by atoms with Gasteiger partial charge in [-0.15, -0.1) is 13.2 Å². The van der Waals surface area contributed by atoms with Crippen LogP contribution >= 0.6 is 0 Å². The first-order chi connectivity index (χ1) is 16.2. The van der Waals surface area contributed by atoms with Gasteiger partial charge in [-0.1, -0.05) is 13.3 Å². The lowest BCUT2D eigenvalue weighted by Gasteiger charge is -2.44. The summed E-state index contributed by atoms with van der Waals surface area (Å²) in [5.41, 5.74) is 0.471. The number of likely N-dealkylation sites (tertiary alicyclic amines) is 2. The van der Waals surface area contributed by atoms with Crippen molar-refractivity contribution in [1.82, 2.24) is 19.8 Å². The third kappa shape index (κ3) is 5.37. The van der Waals surface area contributed by atoms with Gasteiger partial charge in [0.15, 0.2) is 0 Å². The number of carbonyl (C=O) groups excluding carboxylic acids is 1. The number of hydrogen-bond donors (Lipinski definition) is 1. The van der Waals surface area contributed by atoms with Crippen LogP contribution in [0.5, 0.6) is 5.75 Å². The number of anilines is 1. The minimum atomic E-state index is -4.79. The molecule has 2 aliphatic heterocycles. The van der Waals surface area contributed by atoms with Crippen molar-refractivity contribution in [2.75, 3.05) is 25.0 Å². The summed E-state index contributed by atoms with van der Waals surface area (Å²) in [5.74, 6) is 0.443. The number of halogens is 3. The number of nitrogens with one attached hydrogen (secondary N) is 1. The first kappa shape index (κ1) is 24.5. The molecule has 10 heteroatoms. The van der Waals surface area contributed by atoms with E-state index in [4.69, 9.17) is 0 Å². The zero-order chi connectivity index (χ0) is 24.5. The zero-order valence-electron chi connectivity index (χ0n) is 19.8. The number of nitrogens with zero attached hydrogens (tertiary/aromatic N) is 4. The fourth-order valence-electron chi connectivity index (χ4n) is 5.26. The number of fused-ring (bicyclic) bond motifs is 1. The van der Waals surface area contributed by atoms with E-state index in [1.165, 1.54) is 24.5 Å². The molecule has 4 rings (SSSR count). The van der Waals surface area contributed by atoms with E-state index in [2.05, 4.69) is 45.7 Å². The molecule has 0 saturated carbocycles. The first-order valence-corrected chi connectivity index (χ1v) is 12.0. The molecule has 7 nitrogen and oxygen atoms in total. The van der Waals surface area contributed by atoms with Gasteiger partial charge in [-0.2, -0.15) is 0 Å². The average molecular weight is 480 g/mol. The van der Waals surface area contributed by atoms with Crippen molar-refractivity contribution >= 4 is 22.6 Å². The molecule has 2 saturated heterocycles. The summed E-state index contributed by atoms with van der Waals surface area (Å²) in [6.45, 7) is 9.23. The third-order valence-electron chi connectivity index (χ3n) is 6.91. The second-order valence-corrected chi connectivity index (χ2v) is 9.46. The molecule has 0 unspecified atom stereocenters. The van der Waals surface area contributed by atoms with Gasteiger partial charge < -0.3 is 19.9 Å². The molecule has 0 radical (unpaired) electrons. The Bertz CT molecular complexity index is 1020. The predicted molar refractivity (Wildman–Crippen MR) is 123 cm³/mol. The maximum atomic E-state index is 13.4. The topological polar surface area (TPSA) is 70.6 Å². The SMILES string of the molecule is CCC[C@H]1CN(C(C)C)CC[C@@H]1N1CC[C@H](Nc2ncnc3ccc(OC(F)(F)F)cc23)C1=O. The maximum Gasteiger partial charge on any atom is 0.573 e. The highest BCUT2D eigenvalue weighted by Gasteiger charge is 2.41. The number of hydrogen-bond acceptors (Lipinski definition) is 6. The van der Waals surface area contributed by atoms with Crippen LogP contribution in [0.25, 0.3) is 10.9 Å². The van der Waals surface area contributed by atoms with Gasteiger partial charge in [-0.3, -0.25) is 4.79 Å². The molecule has 186 valence electrons. The van der Waals surface area contributed by atoms with E-state index in [-0.39, 0.29) is 17.7 Å². The van der Waals surface area contributed by atoms with E-state index in [9.17, 15) is 18.0 Å². The number of amides is 1. The number of ether oxygens (including phenoxy) is 1. The summed E-state index contributed by atoms with van der Waals surface area (Å²) < 4.78 is 42.1. The average Bonchev–Trinajstić information content (AvgIpc) is 3.13. The summed E-state index contributed by atoms with van der Waals surface area (Å²) >= 11 is 0. The second kappa shape index (κ2) is 9.93. The van der Waals surface area contributed by atoms with Crippen LogP contribution in [0.4, 0.5) is 19.0 Å². The molecule has 3 atom stereocenters. The highest BCUT2D eigenvalue weighted by molar-refractivity contribution is 5.93. The van der Waals surface area contributed by atoms with Crippen LogP contribution in [0.15, 0.2) is 24.5 Å². The molecule has 2 fully saturated rings. The molecule has 34 heavy (non-hydrogen) atoms. The van der Waals surface area contributed by atoms with Crippen LogP contribution in [0.3, 0.4) is 0 Å². The van der Waals surface area contributed by atoms with Crippen molar-refractivity contribution in [3.8, 4) is 5.75 Å². The van der Waals surface area contributed by atoms with Crippen molar-refractivity contribution in [3.63, 3.8) is 0 Å². The quantitative estimate of drug-likeness (QED) is 0.633. The van der Waals surface area contributed by atoms with Crippen LogP contribution < -0.4 is 10.1 Å². The van der Waals surface area contributed by atoms with E-state index >= 15 is 0 Å². The molecule has 1 aromatic heterocycles. The van der Waals surface area contributed by atoms with Gasteiger partial charge in [0.05, 0.1) is 5.52 Å². The number of carbonyl (C=O) groups is 1. The Hall–Kier alpha value is -2.62. The molecule has 1 amide bonds. The van der Waals surface area contributed by atoms with E-state index in [1.54, 1.807) is 0 Å². The van der Waals surface area contributed by atoms with Gasteiger partial charge in [-0.25, -0.2) is 9.97 Å². The predicted octanol–water partition coefficient (Wildman–Crippen LogP) is 4.44. The summed E-state index contributed by atoms with van der Waals surface area (Å²) in [6.07, 6.45) is 0.270. The Morgan fingerprint density at radius 3 is 2.71 bits per heavy atom. The van der Waals surface area contributed by atoms with Crippen molar-refractivity contribution in [2.24, 2.45) is 5.92 Å². The van der Waals surface area contributed by atoms with Gasteiger partial charge in [0.2, 0.25) is 5.91 Å². The van der Waals surface area contributed by atoms with Gasteiger partial charge >= 0.3 is 6.36 Å². The van der Waals surface area contributed by atoms with E-state index in [0.717, 1.165) is 32.4 Å². The Labute approximate surface area is 197 Å². The number of piperidine rings is 1. The standard InChI is InChI=1S/C24H32F3N5O2/c1-4-5-16-13-31(15(2)3)10-9-21(16)32-11-8-20(23(32)33)30-22-18-12-17(34-24(25,26)27)6-7-19(18)28-14-29-22/h6-7,12,14-16,20-21H,4-5,8-11,13H2,1-3H3,(H,28,29,30)/t16-,20-,21-/m0/s1. The lowest BCUT2D eigenvalue weighted by atomic mass is 9.86.